The number of nitrogen functional groups attached to an aromatic ring is 1. The molecule has 0 atom stereocenters. The van der Waals surface area contributed by atoms with Crippen LogP contribution in [0.4, 0.5) is 5.82 Å². The second-order valence-electron chi connectivity index (χ2n) is 3.86. The maximum Gasteiger partial charge on any atom is 0.146 e. The maximum absolute atomic E-state index is 5.57. The van der Waals surface area contributed by atoms with E-state index in [1.54, 1.807) is 0 Å². The number of nitrogens with zero attached hydrogens (tertiary/aromatic N) is 2. The molecule has 2 heterocycles. The Morgan fingerprint density at radius 3 is 2.44 bits per heavy atom. The topological polar surface area (TPSA) is 63.8 Å². The largest absolute Gasteiger partial charge is 0.382 e. The van der Waals surface area contributed by atoms with E-state index in [0.717, 1.165) is 31.6 Å². The predicted octanol–water partition coefficient (Wildman–Crippen LogP) is 1.86. The quantitative estimate of drug-likeness (QED) is 0.761. The maximum atomic E-state index is 5.57. The lowest BCUT2D eigenvalue weighted by Crippen LogP contribution is -2.27. The van der Waals surface area contributed by atoms with E-state index < -0.39 is 0 Å². The van der Waals surface area contributed by atoms with Crippen molar-refractivity contribution >= 4 is 5.82 Å². The van der Waals surface area contributed by atoms with Crippen LogP contribution in [0.15, 0.2) is 6.07 Å². The van der Waals surface area contributed by atoms with Crippen molar-refractivity contribution in [2.45, 2.75) is 39.5 Å². The summed E-state index contributed by atoms with van der Waals surface area (Å²) in [6.45, 7) is 8.22. The van der Waals surface area contributed by atoms with Gasteiger partial charge in [0.25, 0.3) is 0 Å². The summed E-state index contributed by atoms with van der Waals surface area (Å²) in [6.07, 6.45) is 2.30. The van der Waals surface area contributed by atoms with Crippen LogP contribution in [0.2, 0.25) is 0 Å². The third kappa shape index (κ3) is 3.17. The van der Waals surface area contributed by atoms with Gasteiger partial charge >= 0.3 is 0 Å². The second-order valence-corrected chi connectivity index (χ2v) is 3.86. The zero-order valence-electron chi connectivity index (χ0n) is 10.5. The van der Waals surface area contributed by atoms with Gasteiger partial charge in [0.2, 0.25) is 0 Å². The van der Waals surface area contributed by atoms with E-state index in [2.05, 4.69) is 22.4 Å². The number of anilines is 1. The van der Waals surface area contributed by atoms with E-state index in [9.17, 15) is 0 Å². The Hall–Kier alpha value is -1.16. The molecule has 0 aromatic carbocycles. The highest BCUT2D eigenvalue weighted by atomic mass is 15.1. The van der Waals surface area contributed by atoms with Gasteiger partial charge in [-0.05, 0) is 44.5 Å². The lowest BCUT2D eigenvalue weighted by atomic mass is 9.92. The van der Waals surface area contributed by atoms with Crippen molar-refractivity contribution < 1.29 is 0 Å². The van der Waals surface area contributed by atoms with Crippen molar-refractivity contribution in [2.24, 2.45) is 0 Å². The second kappa shape index (κ2) is 6.43. The molecule has 1 aliphatic heterocycles. The summed E-state index contributed by atoms with van der Waals surface area (Å²) >= 11 is 0. The van der Waals surface area contributed by atoms with E-state index in [0.29, 0.717) is 11.7 Å². The van der Waals surface area contributed by atoms with Gasteiger partial charge in [0.1, 0.15) is 5.82 Å². The Kier molecular flexibility index (Phi) is 5.19. The van der Waals surface area contributed by atoms with Gasteiger partial charge in [0.15, 0.2) is 0 Å². The van der Waals surface area contributed by atoms with Crippen LogP contribution in [0.1, 0.15) is 43.9 Å². The molecule has 1 fully saturated rings. The molecule has 3 N–H and O–H groups in total. The minimum absolute atomic E-state index is 0.514. The van der Waals surface area contributed by atoms with Crippen LogP contribution in [0.25, 0.3) is 0 Å². The summed E-state index contributed by atoms with van der Waals surface area (Å²) < 4.78 is 0. The number of aromatic nitrogens is 2. The van der Waals surface area contributed by atoms with Gasteiger partial charge < -0.3 is 11.1 Å². The molecule has 1 aromatic rings. The van der Waals surface area contributed by atoms with Gasteiger partial charge in [-0.1, -0.05) is 13.8 Å². The molecule has 0 aliphatic carbocycles. The highest BCUT2D eigenvalue weighted by Crippen LogP contribution is 2.25. The van der Waals surface area contributed by atoms with Crippen molar-refractivity contribution in [3.05, 3.63) is 17.3 Å². The van der Waals surface area contributed by atoms with E-state index in [-0.39, 0.29) is 0 Å². The highest BCUT2D eigenvalue weighted by molar-refractivity contribution is 5.33. The van der Waals surface area contributed by atoms with E-state index in [1.165, 1.54) is 5.56 Å². The summed E-state index contributed by atoms with van der Waals surface area (Å²) in [6, 6.07) is 1.91. The predicted molar refractivity (Wildman–Crippen MR) is 67.4 cm³/mol. The van der Waals surface area contributed by atoms with Crippen LogP contribution in [-0.2, 0) is 0 Å². The zero-order valence-corrected chi connectivity index (χ0v) is 10.5. The number of aryl methyl sites for hydroxylation is 1. The molecule has 0 bridgehead atoms. The number of nitrogens with two attached hydrogens (primary N) is 1. The molecule has 4 nitrogen and oxygen atoms in total. The highest BCUT2D eigenvalue weighted by Gasteiger charge is 2.18. The Balaban J connectivity index is 0.000000606. The summed E-state index contributed by atoms with van der Waals surface area (Å²) in [4.78, 5) is 0. The average molecular weight is 222 g/mol. The molecular weight excluding hydrogens is 200 g/mol. The number of hydrogen-bond donors (Lipinski definition) is 2. The molecule has 16 heavy (non-hydrogen) atoms. The van der Waals surface area contributed by atoms with Gasteiger partial charge in [-0.2, -0.15) is 5.10 Å². The summed E-state index contributed by atoms with van der Waals surface area (Å²) in [7, 11) is 0. The molecule has 1 saturated heterocycles. The van der Waals surface area contributed by atoms with E-state index in [4.69, 9.17) is 5.73 Å². The monoisotopic (exact) mass is 222 g/mol. The van der Waals surface area contributed by atoms with Crippen LogP contribution in [0.3, 0.4) is 0 Å². The molecule has 2 rings (SSSR count). The molecule has 1 aromatic heterocycles. The van der Waals surface area contributed by atoms with Gasteiger partial charge in [0, 0.05) is 5.92 Å². The van der Waals surface area contributed by atoms with E-state index in [1.807, 2.05) is 19.9 Å². The number of hydrogen-bond acceptors (Lipinski definition) is 4. The third-order valence-corrected chi connectivity index (χ3v) is 2.77. The molecule has 90 valence electrons. The van der Waals surface area contributed by atoms with Crippen LogP contribution < -0.4 is 11.1 Å². The number of piperidine rings is 1. The van der Waals surface area contributed by atoms with Crippen LogP contribution in [0, 0.1) is 6.92 Å². The standard InChI is InChI=1S/C10H16N4.C2H6/c1-7-6-9(11)13-14-10(7)8-2-4-12-5-3-8;1-2/h6,8,12H,2-5H2,1H3,(H2,11,13);1-2H3. The SMILES string of the molecule is CC.Cc1cc(N)nnc1C1CCNCC1. The lowest BCUT2D eigenvalue weighted by Gasteiger charge is -2.22. The van der Waals surface area contributed by atoms with Crippen molar-refractivity contribution in [2.75, 3.05) is 18.8 Å². The summed E-state index contributed by atoms with van der Waals surface area (Å²) in [5, 5.41) is 11.5. The Morgan fingerprint density at radius 2 is 1.88 bits per heavy atom. The first-order valence-corrected chi connectivity index (χ1v) is 6.08. The van der Waals surface area contributed by atoms with Crippen LogP contribution in [-0.4, -0.2) is 23.3 Å². The lowest BCUT2D eigenvalue weighted by molar-refractivity contribution is 0.449. The molecule has 1 aliphatic rings. The molecule has 0 spiro atoms. The first-order chi connectivity index (χ1) is 7.77. The molecule has 0 unspecified atom stereocenters. The van der Waals surface area contributed by atoms with Gasteiger partial charge in [-0.25, -0.2) is 0 Å². The minimum Gasteiger partial charge on any atom is -0.382 e. The Labute approximate surface area is 97.6 Å². The average Bonchev–Trinajstić information content (AvgIpc) is 2.33. The fourth-order valence-electron chi connectivity index (χ4n) is 2.01. The molecule has 0 amide bonds. The van der Waals surface area contributed by atoms with Crippen molar-refractivity contribution in [1.82, 2.24) is 15.5 Å². The summed E-state index contributed by atoms with van der Waals surface area (Å²) in [5.41, 5.74) is 7.87. The van der Waals surface area contributed by atoms with Gasteiger partial charge in [0.05, 0.1) is 5.69 Å². The summed E-state index contributed by atoms with van der Waals surface area (Å²) in [5.74, 6) is 1.07. The third-order valence-electron chi connectivity index (χ3n) is 2.77. The fourth-order valence-corrected chi connectivity index (χ4v) is 2.01. The minimum atomic E-state index is 0.514. The van der Waals surface area contributed by atoms with Crippen LogP contribution in [0.5, 0.6) is 0 Å². The normalized spacial score (nSPS) is 16.4. The molecule has 0 saturated carbocycles. The van der Waals surface area contributed by atoms with Crippen molar-refractivity contribution in [1.29, 1.82) is 0 Å². The molecule has 0 radical (unpaired) electrons. The van der Waals surface area contributed by atoms with Gasteiger partial charge in [-0.3, -0.25) is 0 Å². The fraction of sp³-hybridized carbons (Fsp3) is 0.667. The first kappa shape index (κ1) is 12.9. The Bertz CT molecular complexity index is 319. The zero-order chi connectivity index (χ0) is 12.0. The smallest absolute Gasteiger partial charge is 0.146 e. The van der Waals surface area contributed by atoms with Gasteiger partial charge in [-0.15, -0.1) is 5.10 Å². The molecular formula is C12H22N4. The first-order valence-electron chi connectivity index (χ1n) is 6.08. The number of rotatable bonds is 1. The Morgan fingerprint density at radius 1 is 1.25 bits per heavy atom. The van der Waals surface area contributed by atoms with E-state index >= 15 is 0 Å². The van der Waals surface area contributed by atoms with Crippen molar-refractivity contribution in [3.63, 3.8) is 0 Å². The molecule has 4 heteroatoms. The van der Waals surface area contributed by atoms with Crippen molar-refractivity contribution in [3.8, 4) is 0 Å². The number of nitrogens with one attached hydrogen (secondary N) is 1. The van der Waals surface area contributed by atoms with Crippen LogP contribution >= 0.6 is 0 Å².